The number of aromatic nitrogens is 2. The smallest absolute Gasteiger partial charge is 0.305 e. The molecule has 0 N–H and O–H groups in total. The summed E-state index contributed by atoms with van der Waals surface area (Å²) in [6, 6.07) is 9.87. The summed E-state index contributed by atoms with van der Waals surface area (Å²) in [5, 5.41) is 0. The lowest BCUT2D eigenvalue weighted by molar-refractivity contribution is -0.140. The quantitative estimate of drug-likeness (QED) is 0.805. The van der Waals surface area contributed by atoms with Crippen molar-refractivity contribution in [3.8, 4) is 11.3 Å². The van der Waals surface area contributed by atoms with Gasteiger partial charge in [0.25, 0.3) is 0 Å². The lowest BCUT2D eigenvalue weighted by atomic mass is 10.1. The van der Waals surface area contributed by atoms with Crippen molar-refractivity contribution in [1.29, 1.82) is 0 Å². The average Bonchev–Trinajstić information content (AvgIpc) is 2.44. The Hall–Kier alpha value is -1.75. The molecule has 0 aliphatic heterocycles. The monoisotopic (exact) mass is 334 g/mol. The molecule has 0 aliphatic rings. The molecule has 20 heavy (non-hydrogen) atoms. The van der Waals surface area contributed by atoms with Gasteiger partial charge in [-0.3, -0.25) is 4.79 Å². The maximum atomic E-state index is 11.2. The molecule has 0 aliphatic carbocycles. The lowest BCUT2D eigenvalue weighted by Crippen LogP contribution is -2.05. The van der Waals surface area contributed by atoms with Gasteiger partial charge in [0.1, 0.15) is 5.82 Å². The van der Waals surface area contributed by atoms with Gasteiger partial charge in [-0.1, -0.05) is 28.1 Å². The fourth-order valence-corrected chi connectivity index (χ4v) is 2.25. The van der Waals surface area contributed by atoms with Crippen LogP contribution in [0.25, 0.3) is 11.3 Å². The number of halogens is 1. The minimum Gasteiger partial charge on any atom is -0.469 e. The van der Waals surface area contributed by atoms with Gasteiger partial charge in [-0.15, -0.1) is 0 Å². The van der Waals surface area contributed by atoms with Crippen molar-refractivity contribution in [2.75, 3.05) is 7.11 Å². The molecule has 104 valence electrons. The Bertz CT molecular complexity index is 629. The summed E-state index contributed by atoms with van der Waals surface area (Å²) in [5.41, 5.74) is 2.76. The highest BCUT2D eigenvalue weighted by molar-refractivity contribution is 9.10. The van der Waals surface area contributed by atoms with E-state index in [1.165, 1.54) is 7.11 Å². The van der Waals surface area contributed by atoms with Crippen LogP contribution in [0, 0.1) is 6.92 Å². The van der Waals surface area contributed by atoms with Gasteiger partial charge < -0.3 is 4.74 Å². The number of benzene rings is 1. The van der Waals surface area contributed by atoms with E-state index >= 15 is 0 Å². The van der Waals surface area contributed by atoms with Gasteiger partial charge in [-0.2, -0.15) is 0 Å². The molecule has 5 heteroatoms. The van der Waals surface area contributed by atoms with Gasteiger partial charge in [0.05, 0.1) is 19.2 Å². The van der Waals surface area contributed by atoms with E-state index in [1.807, 2.05) is 37.3 Å². The first-order valence-corrected chi connectivity index (χ1v) is 7.05. The maximum Gasteiger partial charge on any atom is 0.305 e. The largest absolute Gasteiger partial charge is 0.469 e. The average molecular weight is 335 g/mol. The first-order valence-electron chi connectivity index (χ1n) is 6.26. The molecule has 0 saturated heterocycles. The molecule has 2 aromatic rings. The van der Waals surface area contributed by atoms with Crippen molar-refractivity contribution in [3.63, 3.8) is 0 Å². The fourth-order valence-electron chi connectivity index (χ4n) is 1.85. The second-order valence-electron chi connectivity index (χ2n) is 4.40. The van der Waals surface area contributed by atoms with E-state index in [0.717, 1.165) is 21.4 Å². The normalized spacial score (nSPS) is 10.3. The number of esters is 1. The summed E-state index contributed by atoms with van der Waals surface area (Å²) in [6.07, 6.45) is 0.771. The summed E-state index contributed by atoms with van der Waals surface area (Å²) in [5.74, 6) is 0.407. The molecule has 0 saturated carbocycles. The molecule has 0 radical (unpaired) electrons. The van der Waals surface area contributed by atoms with Crippen molar-refractivity contribution >= 4 is 21.9 Å². The summed E-state index contributed by atoms with van der Waals surface area (Å²) in [7, 11) is 1.38. The number of methoxy groups -OCH3 is 1. The van der Waals surface area contributed by atoms with E-state index in [4.69, 9.17) is 0 Å². The van der Waals surface area contributed by atoms with Gasteiger partial charge >= 0.3 is 5.97 Å². The van der Waals surface area contributed by atoms with E-state index < -0.39 is 0 Å². The van der Waals surface area contributed by atoms with Crippen LogP contribution >= 0.6 is 15.9 Å². The first kappa shape index (κ1) is 14.7. The van der Waals surface area contributed by atoms with E-state index in [1.54, 1.807) is 0 Å². The van der Waals surface area contributed by atoms with E-state index in [0.29, 0.717) is 12.2 Å². The second-order valence-corrected chi connectivity index (χ2v) is 5.31. The molecule has 0 atom stereocenters. The Morgan fingerprint density at radius 1 is 1.30 bits per heavy atom. The van der Waals surface area contributed by atoms with Crippen molar-refractivity contribution < 1.29 is 9.53 Å². The molecule has 4 nitrogen and oxygen atoms in total. The molecular weight excluding hydrogens is 320 g/mol. The third kappa shape index (κ3) is 3.87. The highest BCUT2D eigenvalue weighted by Crippen LogP contribution is 2.22. The Labute approximate surface area is 126 Å². The van der Waals surface area contributed by atoms with Crippen molar-refractivity contribution in [3.05, 3.63) is 46.3 Å². The number of hydrogen-bond acceptors (Lipinski definition) is 4. The Morgan fingerprint density at radius 3 is 2.80 bits per heavy atom. The molecule has 0 amide bonds. The SMILES string of the molecule is COC(=O)CCc1nc(C)cc(-c2cccc(Br)c2)n1. The number of rotatable bonds is 4. The maximum absolute atomic E-state index is 11.2. The molecule has 0 unspecified atom stereocenters. The minimum atomic E-state index is -0.251. The van der Waals surface area contributed by atoms with Crippen LogP contribution in [0.15, 0.2) is 34.8 Å². The van der Waals surface area contributed by atoms with Gasteiger partial charge in [0.2, 0.25) is 0 Å². The Morgan fingerprint density at radius 2 is 2.10 bits per heavy atom. The van der Waals surface area contributed by atoms with Crippen LogP contribution in [0.4, 0.5) is 0 Å². The van der Waals surface area contributed by atoms with E-state index in [-0.39, 0.29) is 12.4 Å². The zero-order chi connectivity index (χ0) is 14.5. The number of hydrogen-bond donors (Lipinski definition) is 0. The minimum absolute atomic E-state index is 0.251. The zero-order valence-corrected chi connectivity index (χ0v) is 13.0. The lowest BCUT2D eigenvalue weighted by Gasteiger charge is -2.06. The fraction of sp³-hybridized carbons (Fsp3) is 0.267. The van der Waals surface area contributed by atoms with Crippen LogP contribution in [-0.4, -0.2) is 23.0 Å². The van der Waals surface area contributed by atoms with Crippen LogP contribution in [0.1, 0.15) is 17.9 Å². The van der Waals surface area contributed by atoms with Crippen LogP contribution < -0.4 is 0 Å². The van der Waals surface area contributed by atoms with E-state index in [2.05, 4.69) is 30.6 Å². The molecular formula is C15H15BrN2O2. The first-order chi connectivity index (χ1) is 9.58. The molecule has 0 spiro atoms. The topological polar surface area (TPSA) is 52.1 Å². The van der Waals surface area contributed by atoms with Crippen molar-refractivity contribution in [1.82, 2.24) is 9.97 Å². The Balaban J connectivity index is 2.26. The standard InChI is InChI=1S/C15H15BrN2O2/c1-10-8-13(11-4-3-5-12(16)9-11)18-14(17-10)6-7-15(19)20-2/h3-5,8-9H,6-7H2,1-2H3. The number of aryl methyl sites for hydroxylation is 2. The number of carbonyl (C=O) groups is 1. The molecule has 1 aromatic heterocycles. The summed E-state index contributed by atoms with van der Waals surface area (Å²) in [6.45, 7) is 1.92. The van der Waals surface area contributed by atoms with Gasteiger partial charge in [0.15, 0.2) is 0 Å². The molecule has 1 aromatic carbocycles. The number of nitrogens with zero attached hydrogens (tertiary/aromatic N) is 2. The predicted octanol–water partition coefficient (Wildman–Crippen LogP) is 3.32. The summed E-state index contributed by atoms with van der Waals surface area (Å²) in [4.78, 5) is 20.1. The highest BCUT2D eigenvalue weighted by atomic mass is 79.9. The van der Waals surface area contributed by atoms with Crippen molar-refractivity contribution in [2.24, 2.45) is 0 Å². The number of carbonyl (C=O) groups excluding carboxylic acids is 1. The van der Waals surface area contributed by atoms with Crippen LogP contribution in [-0.2, 0) is 16.0 Å². The predicted molar refractivity (Wildman–Crippen MR) is 80.2 cm³/mol. The second kappa shape index (κ2) is 6.61. The Kier molecular flexibility index (Phi) is 4.84. The van der Waals surface area contributed by atoms with E-state index in [9.17, 15) is 4.79 Å². The van der Waals surface area contributed by atoms with Crippen LogP contribution in [0.2, 0.25) is 0 Å². The van der Waals surface area contributed by atoms with Crippen LogP contribution in [0.5, 0.6) is 0 Å². The van der Waals surface area contributed by atoms with Crippen LogP contribution in [0.3, 0.4) is 0 Å². The summed E-state index contributed by atoms with van der Waals surface area (Å²) >= 11 is 3.45. The molecule has 1 heterocycles. The van der Waals surface area contributed by atoms with Gasteiger partial charge in [-0.05, 0) is 25.1 Å². The molecule has 2 rings (SSSR count). The van der Waals surface area contributed by atoms with Gasteiger partial charge in [0, 0.05) is 22.2 Å². The third-order valence-corrected chi connectivity index (χ3v) is 3.29. The zero-order valence-electron chi connectivity index (χ0n) is 11.4. The third-order valence-electron chi connectivity index (χ3n) is 2.80. The highest BCUT2D eigenvalue weighted by Gasteiger charge is 2.08. The summed E-state index contributed by atoms with van der Waals surface area (Å²) < 4.78 is 5.63. The molecule has 0 fully saturated rings. The molecule has 0 bridgehead atoms. The van der Waals surface area contributed by atoms with Gasteiger partial charge in [-0.25, -0.2) is 9.97 Å². The number of ether oxygens (including phenoxy) is 1. The van der Waals surface area contributed by atoms with Crippen molar-refractivity contribution in [2.45, 2.75) is 19.8 Å².